The first-order valence-corrected chi connectivity index (χ1v) is 7.93. The van der Waals surface area contributed by atoms with E-state index in [-0.39, 0.29) is 12.4 Å². The Morgan fingerprint density at radius 1 is 1.17 bits per heavy atom. The fraction of sp³-hybridized carbons (Fsp3) is 0.250. The predicted molar refractivity (Wildman–Crippen MR) is 94.2 cm³/mol. The van der Waals surface area contributed by atoms with Crippen molar-refractivity contribution < 1.29 is 14.6 Å². The van der Waals surface area contributed by atoms with E-state index < -0.39 is 0 Å². The fourth-order valence-corrected chi connectivity index (χ4v) is 3.05. The van der Waals surface area contributed by atoms with Crippen LogP contribution in [0, 0.1) is 0 Å². The quantitative estimate of drug-likeness (QED) is 0.858. The molecule has 0 saturated heterocycles. The van der Waals surface area contributed by atoms with E-state index in [1.807, 2.05) is 24.3 Å². The third-order valence-corrected chi connectivity index (χ3v) is 4.13. The van der Waals surface area contributed by atoms with Crippen molar-refractivity contribution in [1.29, 1.82) is 0 Å². The zero-order chi connectivity index (χ0) is 17.1. The largest absolute Gasteiger partial charge is 0.497 e. The van der Waals surface area contributed by atoms with Crippen molar-refractivity contribution in [3.05, 3.63) is 70.9 Å². The lowest BCUT2D eigenvalue weighted by molar-refractivity contribution is -0.117. The highest BCUT2D eigenvalue weighted by atomic mass is 16.5. The van der Waals surface area contributed by atoms with Crippen LogP contribution in [0.25, 0.3) is 0 Å². The minimum Gasteiger partial charge on any atom is -0.497 e. The first-order valence-electron chi connectivity index (χ1n) is 7.93. The van der Waals surface area contributed by atoms with Gasteiger partial charge >= 0.3 is 0 Å². The molecular formula is C20H21NO3. The minimum absolute atomic E-state index is 0.0693. The Bertz CT molecular complexity index is 773. The number of anilines is 1. The third kappa shape index (κ3) is 3.66. The molecule has 3 rings (SSSR count). The number of nitrogens with one attached hydrogen (secondary N) is 1. The van der Waals surface area contributed by atoms with Crippen LogP contribution in [0.4, 0.5) is 5.69 Å². The average Bonchev–Trinajstić information content (AvgIpc) is 2.93. The van der Waals surface area contributed by atoms with Crippen LogP contribution >= 0.6 is 0 Å². The van der Waals surface area contributed by atoms with E-state index in [4.69, 9.17) is 4.74 Å². The lowest BCUT2D eigenvalue weighted by Gasteiger charge is -2.08. The summed E-state index contributed by atoms with van der Waals surface area (Å²) in [6, 6.07) is 11.5. The smallest absolute Gasteiger partial charge is 0.141 e. The first kappa shape index (κ1) is 16.3. The summed E-state index contributed by atoms with van der Waals surface area (Å²) in [5, 5.41) is 12.5. The van der Waals surface area contributed by atoms with Gasteiger partial charge in [-0.3, -0.25) is 4.79 Å². The molecule has 0 spiro atoms. The number of methoxy groups -OCH3 is 1. The summed E-state index contributed by atoms with van der Waals surface area (Å²) in [4.78, 5) is 12.4. The van der Waals surface area contributed by atoms with Crippen molar-refractivity contribution in [3.63, 3.8) is 0 Å². The summed E-state index contributed by atoms with van der Waals surface area (Å²) in [5.41, 5.74) is 5.88. The first-order chi connectivity index (χ1) is 11.6. The van der Waals surface area contributed by atoms with Gasteiger partial charge in [0.2, 0.25) is 0 Å². The molecular weight excluding hydrogens is 302 g/mol. The number of carbonyl (C=O) groups is 1. The monoisotopic (exact) mass is 323 g/mol. The molecule has 0 radical (unpaired) electrons. The van der Waals surface area contributed by atoms with E-state index >= 15 is 0 Å². The summed E-state index contributed by atoms with van der Waals surface area (Å²) >= 11 is 0. The van der Waals surface area contributed by atoms with Crippen molar-refractivity contribution in [2.75, 3.05) is 12.4 Å². The van der Waals surface area contributed by atoms with E-state index in [0.29, 0.717) is 18.6 Å². The SMILES string of the molecule is C=C1Cc2cc(CC(=O)Cc3cc(CO)cc(OC)c3)ccc2N1. The molecule has 4 heteroatoms. The number of aliphatic hydroxyl groups excluding tert-OH is 1. The van der Waals surface area contributed by atoms with Gasteiger partial charge < -0.3 is 15.2 Å². The average molecular weight is 323 g/mol. The van der Waals surface area contributed by atoms with Gasteiger partial charge in [-0.2, -0.15) is 0 Å². The molecule has 1 heterocycles. The molecule has 0 atom stereocenters. The number of rotatable bonds is 6. The summed E-state index contributed by atoms with van der Waals surface area (Å²) in [6.07, 6.45) is 1.53. The molecule has 1 aliphatic heterocycles. The van der Waals surface area contributed by atoms with Crippen LogP contribution in [-0.2, 0) is 30.7 Å². The number of fused-ring (bicyclic) bond motifs is 1. The Balaban J connectivity index is 1.70. The second-order valence-electron chi connectivity index (χ2n) is 6.14. The highest BCUT2D eigenvalue weighted by Gasteiger charge is 2.14. The Hall–Kier alpha value is -2.59. The topological polar surface area (TPSA) is 58.6 Å². The fourth-order valence-electron chi connectivity index (χ4n) is 3.05. The van der Waals surface area contributed by atoms with Crippen molar-refractivity contribution in [2.45, 2.75) is 25.9 Å². The van der Waals surface area contributed by atoms with Gasteiger partial charge in [0.05, 0.1) is 13.7 Å². The standard InChI is InChI=1S/C20H21NO3/c1-13-5-17-7-14(3-4-20(17)21-13)8-18(23)9-15-6-16(12-22)11-19(10-15)24-2/h3-4,6-7,10-11,21-22H,1,5,8-9,12H2,2H3. The zero-order valence-corrected chi connectivity index (χ0v) is 13.8. The third-order valence-electron chi connectivity index (χ3n) is 4.13. The molecule has 24 heavy (non-hydrogen) atoms. The van der Waals surface area contributed by atoms with Crippen LogP contribution in [0.2, 0.25) is 0 Å². The van der Waals surface area contributed by atoms with Gasteiger partial charge in [0.25, 0.3) is 0 Å². The molecule has 0 amide bonds. The van der Waals surface area contributed by atoms with E-state index in [2.05, 4.69) is 18.0 Å². The second-order valence-corrected chi connectivity index (χ2v) is 6.14. The molecule has 0 fully saturated rings. The maximum Gasteiger partial charge on any atom is 0.141 e. The van der Waals surface area contributed by atoms with Gasteiger partial charge in [0.1, 0.15) is 11.5 Å². The van der Waals surface area contributed by atoms with Gasteiger partial charge in [-0.05, 0) is 40.5 Å². The molecule has 0 aromatic heterocycles. The minimum atomic E-state index is -0.0693. The highest BCUT2D eigenvalue weighted by molar-refractivity contribution is 5.83. The van der Waals surface area contributed by atoms with E-state index in [1.54, 1.807) is 13.2 Å². The lowest BCUT2D eigenvalue weighted by Crippen LogP contribution is -2.07. The summed E-state index contributed by atoms with van der Waals surface area (Å²) in [5.74, 6) is 0.795. The maximum atomic E-state index is 12.4. The van der Waals surface area contributed by atoms with Gasteiger partial charge in [0, 0.05) is 30.6 Å². The lowest BCUT2D eigenvalue weighted by atomic mass is 9.99. The number of carbonyl (C=O) groups excluding carboxylic acids is 1. The van der Waals surface area contributed by atoms with Gasteiger partial charge in [0.15, 0.2) is 0 Å². The number of Topliss-reactive ketones (excluding diaryl/α,β-unsaturated/α-hetero) is 1. The van der Waals surface area contributed by atoms with E-state index in [1.165, 1.54) is 5.56 Å². The van der Waals surface area contributed by atoms with E-state index in [0.717, 1.165) is 34.5 Å². The Kier molecular flexibility index (Phi) is 4.67. The van der Waals surface area contributed by atoms with Gasteiger partial charge in [-0.1, -0.05) is 24.8 Å². The maximum absolute atomic E-state index is 12.4. The highest BCUT2D eigenvalue weighted by Crippen LogP contribution is 2.28. The molecule has 0 saturated carbocycles. The van der Waals surface area contributed by atoms with Gasteiger partial charge in [-0.15, -0.1) is 0 Å². The van der Waals surface area contributed by atoms with E-state index in [9.17, 15) is 9.90 Å². The van der Waals surface area contributed by atoms with Crippen LogP contribution in [-0.4, -0.2) is 18.0 Å². The van der Waals surface area contributed by atoms with Crippen molar-refractivity contribution in [1.82, 2.24) is 0 Å². The van der Waals surface area contributed by atoms with Crippen LogP contribution < -0.4 is 10.1 Å². The number of hydrogen-bond donors (Lipinski definition) is 2. The molecule has 0 unspecified atom stereocenters. The number of ketones is 1. The van der Waals surface area contributed by atoms with Crippen LogP contribution in [0.5, 0.6) is 5.75 Å². The van der Waals surface area contributed by atoms with Crippen molar-refractivity contribution in [3.8, 4) is 5.75 Å². The molecule has 1 aliphatic rings. The number of ether oxygens (including phenoxy) is 1. The molecule has 2 aromatic carbocycles. The summed E-state index contributed by atoms with van der Waals surface area (Å²) < 4.78 is 5.22. The molecule has 0 aliphatic carbocycles. The number of hydrogen-bond acceptors (Lipinski definition) is 4. The van der Waals surface area contributed by atoms with Crippen molar-refractivity contribution in [2.24, 2.45) is 0 Å². The Morgan fingerprint density at radius 2 is 1.92 bits per heavy atom. The normalized spacial score (nSPS) is 12.7. The molecule has 124 valence electrons. The Labute approximate surface area is 141 Å². The molecule has 4 nitrogen and oxygen atoms in total. The Morgan fingerprint density at radius 3 is 2.67 bits per heavy atom. The molecule has 2 aromatic rings. The van der Waals surface area contributed by atoms with Crippen molar-refractivity contribution >= 4 is 11.5 Å². The number of allylic oxidation sites excluding steroid dienone is 1. The summed E-state index contributed by atoms with van der Waals surface area (Å²) in [7, 11) is 1.58. The van der Waals surface area contributed by atoms with Crippen LogP contribution in [0.15, 0.2) is 48.7 Å². The van der Waals surface area contributed by atoms with Crippen LogP contribution in [0.3, 0.4) is 0 Å². The number of aliphatic hydroxyl groups is 1. The molecule has 2 N–H and O–H groups in total. The predicted octanol–water partition coefficient (Wildman–Crippen LogP) is 3.02. The molecule has 0 bridgehead atoms. The van der Waals surface area contributed by atoms with Crippen LogP contribution in [0.1, 0.15) is 22.3 Å². The number of benzene rings is 2. The second kappa shape index (κ2) is 6.89. The van der Waals surface area contributed by atoms with Gasteiger partial charge in [-0.25, -0.2) is 0 Å². The zero-order valence-electron chi connectivity index (χ0n) is 13.8. The summed E-state index contributed by atoms with van der Waals surface area (Å²) in [6.45, 7) is 3.87.